The summed E-state index contributed by atoms with van der Waals surface area (Å²) in [4.78, 5) is 8.32. The summed E-state index contributed by atoms with van der Waals surface area (Å²) < 4.78 is 12.7. The van der Waals surface area contributed by atoms with Crippen LogP contribution in [0.2, 0.25) is 0 Å². The molecule has 1 heterocycles. The van der Waals surface area contributed by atoms with Crippen molar-refractivity contribution in [2.45, 2.75) is 30.8 Å². The van der Waals surface area contributed by atoms with Crippen LogP contribution in [0.4, 0.5) is 5.69 Å². The second-order valence-corrected chi connectivity index (χ2v) is 6.60. The van der Waals surface area contributed by atoms with Crippen molar-refractivity contribution < 1.29 is 4.55 Å². The molecule has 0 saturated heterocycles. The van der Waals surface area contributed by atoms with Gasteiger partial charge in [-0.2, -0.15) is 4.98 Å². The molecule has 4 nitrogen and oxygen atoms in total. The number of nitrogen functional groups attached to an aromatic ring is 1. The fourth-order valence-electron chi connectivity index (χ4n) is 2.27. The van der Waals surface area contributed by atoms with Crippen molar-refractivity contribution in [1.82, 2.24) is 9.97 Å². The van der Waals surface area contributed by atoms with Gasteiger partial charge in [0.15, 0.2) is 4.90 Å². The number of benzene rings is 2. The summed E-state index contributed by atoms with van der Waals surface area (Å²) in [6.07, 6.45) is 0. The predicted octanol–water partition coefficient (Wildman–Crippen LogP) is 3.24. The summed E-state index contributed by atoms with van der Waals surface area (Å²) in [5.41, 5.74) is 11.5. The normalized spacial score (nSPS) is 12.8. The second kappa shape index (κ2) is 5.09. The largest absolute Gasteiger partial charge is 0.604 e. The highest BCUT2D eigenvalue weighted by Gasteiger charge is 2.22. The van der Waals surface area contributed by atoms with Gasteiger partial charge >= 0.3 is 5.16 Å². The van der Waals surface area contributed by atoms with Crippen LogP contribution >= 0.6 is 0 Å². The summed E-state index contributed by atoms with van der Waals surface area (Å²) in [6.45, 7) is 5.97. The van der Waals surface area contributed by atoms with Crippen LogP contribution in [0, 0.1) is 20.8 Å². The number of fused-ring (bicyclic) bond motifs is 1. The number of nitrogens with two attached hydrogens (primary N) is 1. The lowest BCUT2D eigenvalue weighted by atomic mass is 10.1. The number of nitrogens with one attached hydrogen (secondary N) is 1. The number of aromatic amines is 1. The van der Waals surface area contributed by atoms with Crippen LogP contribution in [-0.4, -0.2) is 14.5 Å². The van der Waals surface area contributed by atoms with Crippen molar-refractivity contribution >= 4 is 27.9 Å². The van der Waals surface area contributed by atoms with Crippen molar-refractivity contribution in [2.75, 3.05) is 5.73 Å². The van der Waals surface area contributed by atoms with E-state index in [0.29, 0.717) is 15.7 Å². The molecule has 5 heteroatoms. The number of aromatic nitrogens is 2. The van der Waals surface area contributed by atoms with E-state index >= 15 is 0 Å². The number of hydrogen-bond acceptors (Lipinski definition) is 3. The highest BCUT2D eigenvalue weighted by atomic mass is 32.2. The molecule has 3 aromatic rings. The third kappa shape index (κ3) is 2.39. The predicted molar refractivity (Wildman–Crippen MR) is 85.8 cm³/mol. The lowest BCUT2D eigenvalue weighted by Crippen LogP contribution is -2.07. The fourth-order valence-corrected chi connectivity index (χ4v) is 3.46. The minimum absolute atomic E-state index is 0.462. The van der Waals surface area contributed by atoms with E-state index in [1.807, 2.05) is 45.0 Å². The number of nitrogens with zero attached hydrogens (tertiary/aromatic N) is 1. The van der Waals surface area contributed by atoms with Gasteiger partial charge in [-0.15, -0.1) is 0 Å². The van der Waals surface area contributed by atoms with Gasteiger partial charge in [-0.1, -0.05) is 6.07 Å². The molecule has 3 rings (SSSR count). The molecular formula is C16H17N3OS. The maximum Gasteiger partial charge on any atom is 0.327 e. The zero-order chi connectivity index (χ0) is 15.1. The first-order chi connectivity index (χ1) is 9.97. The van der Waals surface area contributed by atoms with E-state index in [-0.39, 0.29) is 0 Å². The molecule has 0 saturated carbocycles. The van der Waals surface area contributed by atoms with Gasteiger partial charge in [-0.05, 0) is 56.2 Å². The molecule has 0 aliphatic heterocycles. The molecule has 0 radical (unpaired) electrons. The SMILES string of the molecule is Cc1cc2nc([S+]([O-])c3cccc(N)c3C)[nH]c2cc1C. The Morgan fingerprint density at radius 1 is 1.14 bits per heavy atom. The maximum atomic E-state index is 12.7. The van der Waals surface area contributed by atoms with Crippen LogP contribution in [0.25, 0.3) is 11.0 Å². The lowest BCUT2D eigenvalue weighted by Gasteiger charge is -2.10. The van der Waals surface area contributed by atoms with E-state index < -0.39 is 11.2 Å². The monoisotopic (exact) mass is 299 g/mol. The molecule has 108 valence electrons. The molecule has 1 atom stereocenters. The van der Waals surface area contributed by atoms with Crippen molar-refractivity contribution in [3.63, 3.8) is 0 Å². The maximum absolute atomic E-state index is 12.7. The summed E-state index contributed by atoms with van der Waals surface area (Å²) in [5, 5.41) is 0.462. The fraction of sp³-hybridized carbons (Fsp3) is 0.188. The first-order valence-corrected chi connectivity index (χ1v) is 7.86. The van der Waals surface area contributed by atoms with Gasteiger partial charge in [0.2, 0.25) is 0 Å². The molecule has 0 fully saturated rings. The van der Waals surface area contributed by atoms with Gasteiger partial charge in [-0.25, -0.2) is 0 Å². The molecule has 1 aromatic heterocycles. The van der Waals surface area contributed by atoms with Crippen molar-refractivity contribution in [3.8, 4) is 0 Å². The van der Waals surface area contributed by atoms with Crippen LogP contribution in [0.5, 0.6) is 0 Å². The smallest absolute Gasteiger partial charge is 0.327 e. The molecule has 3 N–H and O–H groups in total. The third-order valence-electron chi connectivity index (χ3n) is 3.78. The Morgan fingerprint density at radius 2 is 1.86 bits per heavy atom. The Kier molecular flexibility index (Phi) is 3.39. The molecular weight excluding hydrogens is 282 g/mol. The number of anilines is 1. The van der Waals surface area contributed by atoms with E-state index in [9.17, 15) is 4.55 Å². The summed E-state index contributed by atoms with van der Waals surface area (Å²) >= 11 is -1.36. The van der Waals surface area contributed by atoms with Crippen LogP contribution in [0.15, 0.2) is 40.4 Å². The molecule has 0 spiro atoms. The van der Waals surface area contributed by atoms with Gasteiger partial charge in [-0.3, -0.25) is 4.98 Å². The third-order valence-corrected chi connectivity index (χ3v) is 5.16. The van der Waals surface area contributed by atoms with Gasteiger partial charge in [0.05, 0.1) is 22.2 Å². The molecule has 0 bridgehead atoms. The van der Waals surface area contributed by atoms with E-state index in [1.54, 1.807) is 6.07 Å². The summed E-state index contributed by atoms with van der Waals surface area (Å²) in [6, 6.07) is 9.48. The number of imidazole rings is 1. The Morgan fingerprint density at radius 3 is 2.62 bits per heavy atom. The Hall–Kier alpha value is -1.98. The Balaban J connectivity index is 2.09. The van der Waals surface area contributed by atoms with E-state index in [0.717, 1.165) is 16.6 Å². The number of hydrogen-bond donors (Lipinski definition) is 2. The lowest BCUT2D eigenvalue weighted by molar-refractivity contribution is 0.588. The van der Waals surface area contributed by atoms with E-state index in [1.165, 1.54) is 11.1 Å². The van der Waals surface area contributed by atoms with E-state index in [2.05, 4.69) is 9.97 Å². The van der Waals surface area contributed by atoms with Gasteiger partial charge in [0, 0.05) is 11.3 Å². The zero-order valence-electron chi connectivity index (χ0n) is 12.2. The van der Waals surface area contributed by atoms with Crippen LogP contribution in [-0.2, 0) is 11.2 Å². The molecule has 2 aromatic carbocycles. The standard InChI is InChI=1S/C16H17N3OS/c1-9-7-13-14(8-10(9)2)19-16(18-13)21(20)15-6-4-5-12(17)11(15)3/h4-8H,17H2,1-3H3,(H,18,19). The van der Waals surface area contributed by atoms with E-state index in [4.69, 9.17) is 5.73 Å². The Bertz CT molecular complexity index is 787. The van der Waals surface area contributed by atoms with Gasteiger partial charge < -0.3 is 10.3 Å². The quantitative estimate of drug-likeness (QED) is 0.563. The molecule has 0 aliphatic carbocycles. The van der Waals surface area contributed by atoms with Gasteiger partial charge in [0.1, 0.15) is 0 Å². The number of H-pyrrole nitrogens is 1. The topological polar surface area (TPSA) is 77.8 Å². The Labute approximate surface area is 126 Å². The van der Waals surface area contributed by atoms with Crippen LogP contribution < -0.4 is 5.73 Å². The van der Waals surface area contributed by atoms with Crippen molar-refractivity contribution in [2.24, 2.45) is 0 Å². The average molecular weight is 299 g/mol. The van der Waals surface area contributed by atoms with Crippen molar-refractivity contribution in [3.05, 3.63) is 47.0 Å². The molecule has 1 unspecified atom stereocenters. The first kappa shape index (κ1) is 14.0. The summed E-state index contributed by atoms with van der Waals surface area (Å²) in [7, 11) is 0. The zero-order valence-corrected chi connectivity index (χ0v) is 13.0. The average Bonchev–Trinajstić information content (AvgIpc) is 2.84. The summed E-state index contributed by atoms with van der Waals surface area (Å²) in [5.74, 6) is 0. The molecule has 21 heavy (non-hydrogen) atoms. The molecule has 0 aliphatic rings. The van der Waals surface area contributed by atoms with Crippen LogP contribution in [0.1, 0.15) is 16.7 Å². The first-order valence-electron chi connectivity index (χ1n) is 6.71. The minimum Gasteiger partial charge on any atom is -0.604 e. The van der Waals surface area contributed by atoms with Crippen molar-refractivity contribution in [1.29, 1.82) is 0 Å². The molecule has 0 amide bonds. The highest BCUT2D eigenvalue weighted by Crippen LogP contribution is 2.27. The highest BCUT2D eigenvalue weighted by molar-refractivity contribution is 7.91. The number of aryl methyl sites for hydroxylation is 2. The van der Waals surface area contributed by atoms with Crippen LogP contribution in [0.3, 0.4) is 0 Å². The number of rotatable bonds is 2. The minimum atomic E-state index is -1.36. The second-order valence-electron chi connectivity index (χ2n) is 5.23. The van der Waals surface area contributed by atoms with Gasteiger partial charge in [0.25, 0.3) is 0 Å².